The molecule has 3 aromatic rings. The van der Waals surface area contributed by atoms with Gasteiger partial charge in [-0.05, 0) is 101 Å². The first-order valence-electron chi connectivity index (χ1n) is 11.3. The molecule has 1 heterocycles. The van der Waals surface area contributed by atoms with E-state index >= 15 is 0 Å². The topological polar surface area (TPSA) is 69.4 Å². The number of benzene rings is 2. The van der Waals surface area contributed by atoms with Gasteiger partial charge in [0, 0.05) is 0 Å². The lowest BCUT2D eigenvalue weighted by atomic mass is 10.0. The zero-order valence-electron chi connectivity index (χ0n) is 20.7. The molecule has 3 rings (SSSR count). The quantitative estimate of drug-likeness (QED) is 0.367. The number of fused-ring (bicyclic) bond motifs is 1. The summed E-state index contributed by atoms with van der Waals surface area (Å²) in [6.45, 7) is 17.6. The van der Waals surface area contributed by atoms with Gasteiger partial charge in [-0.3, -0.25) is 0 Å². The van der Waals surface area contributed by atoms with Crippen molar-refractivity contribution in [3.8, 4) is 11.4 Å². The lowest BCUT2D eigenvalue weighted by Crippen LogP contribution is -2.51. The predicted molar refractivity (Wildman–Crippen MR) is 139 cm³/mol. The molecule has 2 aromatic carbocycles. The lowest BCUT2D eigenvalue weighted by Gasteiger charge is -2.37. The number of hydrogen-bond acceptors (Lipinski definition) is 5. The molecule has 174 valence electrons. The Hall–Kier alpha value is -1.79. The van der Waals surface area contributed by atoms with Crippen LogP contribution in [0, 0.1) is 6.92 Å². The first kappa shape index (κ1) is 24.8. The van der Waals surface area contributed by atoms with Crippen LogP contribution < -0.4 is 0 Å². The Kier molecular flexibility index (Phi) is 7.16. The molecule has 0 aliphatic heterocycles. The second-order valence-corrected chi connectivity index (χ2v) is 23.3. The molecule has 9 heteroatoms. The van der Waals surface area contributed by atoms with Gasteiger partial charge in [-0.15, -0.1) is 15.0 Å². The highest BCUT2D eigenvalue weighted by Gasteiger charge is 2.37. The van der Waals surface area contributed by atoms with Crippen molar-refractivity contribution < 1.29 is 13.3 Å². The molecule has 0 spiro atoms. The summed E-state index contributed by atoms with van der Waals surface area (Å²) >= 11 is 0. The fraction of sp³-hybridized carbons (Fsp3) is 0.478. The summed E-state index contributed by atoms with van der Waals surface area (Å²) in [6, 6.07) is 12.7. The van der Waals surface area contributed by atoms with Crippen molar-refractivity contribution in [1.82, 2.24) is 15.0 Å². The van der Waals surface area contributed by atoms with E-state index in [9.17, 15) is 5.11 Å². The van der Waals surface area contributed by atoms with Gasteiger partial charge in [-0.25, -0.2) is 0 Å². The van der Waals surface area contributed by atoms with Crippen molar-refractivity contribution in [2.45, 2.75) is 71.6 Å². The van der Waals surface area contributed by atoms with Gasteiger partial charge in [0.1, 0.15) is 22.5 Å². The first-order valence-corrected chi connectivity index (χ1v) is 20.6. The Morgan fingerprint density at radius 2 is 1.50 bits per heavy atom. The molecule has 0 fully saturated rings. The number of phenols is 1. The number of phenolic OH excluding ortho intramolecular Hbond substituents is 1. The summed E-state index contributed by atoms with van der Waals surface area (Å²) in [5.74, 6) is 0.257. The first-order chi connectivity index (χ1) is 14.7. The van der Waals surface area contributed by atoms with Gasteiger partial charge in [0.05, 0.1) is 0 Å². The van der Waals surface area contributed by atoms with E-state index in [-0.39, 0.29) is 5.75 Å². The minimum absolute atomic E-state index is 0.257. The van der Waals surface area contributed by atoms with E-state index < -0.39 is 25.2 Å². The normalized spacial score (nSPS) is 13.1. The van der Waals surface area contributed by atoms with Crippen LogP contribution in [0.1, 0.15) is 17.5 Å². The summed E-state index contributed by atoms with van der Waals surface area (Å²) < 4.78 is 13.0. The molecule has 0 unspecified atom stereocenters. The summed E-state index contributed by atoms with van der Waals surface area (Å²) in [7, 11) is -5.64. The van der Waals surface area contributed by atoms with Gasteiger partial charge < -0.3 is 13.3 Å². The zero-order chi connectivity index (χ0) is 23.7. The van der Waals surface area contributed by atoms with Crippen LogP contribution in [0.25, 0.3) is 16.7 Å². The second kappa shape index (κ2) is 9.22. The molecule has 0 aliphatic rings. The molecule has 0 atom stereocenters. The van der Waals surface area contributed by atoms with Crippen molar-refractivity contribution in [3.05, 3.63) is 47.5 Å². The molecule has 0 saturated carbocycles. The van der Waals surface area contributed by atoms with Crippen molar-refractivity contribution in [1.29, 1.82) is 0 Å². The number of aryl methyl sites for hydroxylation is 2. The van der Waals surface area contributed by atoms with Gasteiger partial charge in [0.25, 0.3) is 0 Å². The third-order valence-electron chi connectivity index (χ3n) is 5.11. The highest BCUT2D eigenvalue weighted by Crippen LogP contribution is 2.31. The second-order valence-electron chi connectivity index (χ2n) is 10.6. The Balaban J connectivity index is 1.71. The third-order valence-corrected chi connectivity index (χ3v) is 15.3. The Morgan fingerprint density at radius 1 is 0.906 bits per heavy atom. The van der Waals surface area contributed by atoms with Crippen molar-refractivity contribution in [2.75, 3.05) is 0 Å². The molecular formula is C23H37N3O3Si3. The lowest BCUT2D eigenvalue weighted by molar-refractivity contribution is 0.391. The molecule has 1 N–H and O–H groups in total. The number of aromatic hydroxyl groups is 1. The van der Waals surface area contributed by atoms with Crippen LogP contribution in [0.5, 0.6) is 5.75 Å². The van der Waals surface area contributed by atoms with Crippen LogP contribution in [0.2, 0.25) is 51.9 Å². The largest absolute Gasteiger partial charge is 0.505 e. The average molecular weight is 488 g/mol. The van der Waals surface area contributed by atoms with Crippen molar-refractivity contribution in [2.24, 2.45) is 0 Å². The van der Waals surface area contributed by atoms with E-state index in [4.69, 9.17) is 8.23 Å². The molecule has 0 bridgehead atoms. The minimum Gasteiger partial charge on any atom is -0.505 e. The monoisotopic (exact) mass is 487 g/mol. The van der Waals surface area contributed by atoms with Crippen LogP contribution in [0.4, 0.5) is 0 Å². The van der Waals surface area contributed by atoms with Crippen LogP contribution in [-0.4, -0.2) is 45.3 Å². The van der Waals surface area contributed by atoms with E-state index in [1.54, 1.807) is 4.80 Å². The summed E-state index contributed by atoms with van der Waals surface area (Å²) in [5.41, 5.74) is 4.26. The maximum Gasteiger partial charge on any atom is 0.311 e. The van der Waals surface area contributed by atoms with Gasteiger partial charge in [-0.1, -0.05) is 18.2 Å². The van der Waals surface area contributed by atoms with E-state index in [1.165, 1.54) is 0 Å². The van der Waals surface area contributed by atoms with Crippen molar-refractivity contribution >= 4 is 36.2 Å². The smallest absolute Gasteiger partial charge is 0.311 e. The van der Waals surface area contributed by atoms with Gasteiger partial charge in [0.2, 0.25) is 0 Å². The number of hydrogen-bond donors (Lipinski definition) is 1. The summed E-state index contributed by atoms with van der Waals surface area (Å²) in [5, 5.41) is 20.1. The summed E-state index contributed by atoms with van der Waals surface area (Å²) in [6.07, 6.45) is 1.75. The number of aromatic nitrogens is 3. The third kappa shape index (κ3) is 6.61. The molecular weight excluding hydrogens is 451 g/mol. The van der Waals surface area contributed by atoms with Gasteiger partial charge in [0.15, 0.2) is 16.6 Å². The fourth-order valence-electron chi connectivity index (χ4n) is 4.32. The Morgan fingerprint density at radius 3 is 2.06 bits per heavy atom. The van der Waals surface area contributed by atoms with Gasteiger partial charge in [-0.2, -0.15) is 0 Å². The van der Waals surface area contributed by atoms with Crippen LogP contribution in [0.15, 0.2) is 36.4 Å². The maximum absolute atomic E-state index is 11.0. The van der Waals surface area contributed by atoms with E-state index in [2.05, 4.69) is 62.1 Å². The van der Waals surface area contributed by atoms with Crippen LogP contribution in [0.3, 0.4) is 0 Å². The Labute approximate surface area is 195 Å². The predicted octanol–water partition coefficient (Wildman–Crippen LogP) is 6.14. The number of nitrogens with zero attached hydrogens (tertiary/aromatic N) is 3. The standard InChI is InChI=1S/C23H37N3O3Si3/c1-18-16-19(12-11-15-31(5,6)29-32(7,8)28-30(2,3)4)23(27)22(17-18)26-24-20-13-9-10-14-21(20)25-26/h9-10,13-14,16-17,27H,11-12,15H2,1-8H3. The molecule has 1 aromatic heterocycles. The minimum atomic E-state index is -2.14. The van der Waals surface area contributed by atoms with Gasteiger partial charge >= 0.3 is 8.56 Å². The summed E-state index contributed by atoms with van der Waals surface area (Å²) in [4.78, 5) is 1.54. The van der Waals surface area contributed by atoms with E-state index in [1.807, 2.05) is 37.3 Å². The SMILES string of the molecule is Cc1cc(CCC[Si](C)(C)O[Si](C)(C)O[Si](C)(C)C)c(O)c(-n2nc3ccccc3n2)c1. The molecule has 0 radical (unpaired) electrons. The average Bonchev–Trinajstić information content (AvgIpc) is 3.04. The molecule has 0 aliphatic carbocycles. The van der Waals surface area contributed by atoms with Crippen molar-refractivity contribution in [3.63, 3.8) is 0 Å². The highest BCUT2D eigenvalue weighted by atomic mass is 28.5. The molecule has 6 nitrogen and oxygen atoms in total. The zero-order valence-corrected chi connectivity index (χ0v) is 23.7. The maximum atomic E-state index is 11.0. The molecule has 0 amide bonds. The van der Waals surface area contributed by atoms with E-state index in [0.29, 0.717) is 5.69 Å². The molecule has 32 heavy (non-hydrogen) atoms. The number of rotatable bonds is 9. The van der Waals surface area contributed by atoms with Crippen LogP contribution >= 0.6 is 0 Å². The molecule has 0 saturated heterocycles. The Bertz CT molecular complexity index is 1060. The van der Waals surface area contributed by atoms with Crippen LogP contribution in [-0.2, 0) is 14.7 Å². The highest BCUT2D eigenvalue weighted by molar-refractivity contribution is 6.87. The van der Waals surface area contributed by atoms with E-state index in [0.717, 1.165) is 41.0 Å². The fourth-order valence-corrected chi connectivity index (χ4v) is 17.5.